The van der Waals surface area contributed by atoms with Gasteiger partial charge in [0.15, 0.2) is 0 Å². The summed E-state index contributed by atoms with van der Waals surface area (Å²) in [6, 6.07) is 9.24. The van der Waals surface area contributed by atoms with Crippen molar-refractivity contribution >= 4 is 15.9 Å². The maximum absolute atomic E-state index is 3.61. The van der Waals surface area contributed by atoms with Crippen LogP contribution in [-0.4, -0.2) is 12.6 Å². The van der Waals surface area contributed by atoms with Crippen molar-refractivity contribution in [3.05, 3.63) is 34.3 Å². The van der Waals surface area contributed by atoms with E-state index in [9.17, 15) is 0 Å². The molecular formula is C15H24BrN. The van der Waals surface area contributed by atoms with Gasteiger partial charge in [0.2, 0.25) is 0 Å². The fraction of sp³-hybridized carbons (Fsp3) is 0.600. The summed E-state index contributed by atoms with van der Waals surface area (Å²) in [6.07, 6.45) is 6.28. The summed E-state index contributed by atoms with van der Waals surface area (Å²) in [7, 11) is 0. The van der Waals surface area contributed by atoms with Gasteiger partial charge < -0.3 is 5.32 Å². The lowest BCUT2D eigenvalue weighted by molar-refractivity contribution is 0.447. The Bertz CT molecular complexity index is 306. The first kappa shape index (κ1) is 14.7. The van der Waals surface area contributed by atoms with Gasteiger partial charge in [-0.15, -0.1) is 0 Å². The quantitative estimate of drug-likeness (QED) is 0.742. The predicted molar refractivity (Wildman–Crippen MR) is 79.5 cm³/mol. The van der Waals surface area contributed by atoms with Crippen molar-refractivity contribution in [2.45, 2.75) is 52.0 Å². The summed E-state index contributed by atoms with van der Waals surface area (Å²) in [5.41, 5.74) is 1.43. The van der Waals surface area contributed by atoms with E-state index < -0.39 is 0 Å². The summed E-state index contributed by atoms with van der Waals surface area (Å²) in [6.45, 7) is 5.54. The van der Waals surface area contributed by atoms with E-state index in [0.717, 1.165) is 6.54 Å². The Morgan fingerprint density at radius 2 is 1.94 bits per heavy atom. The van der Waals surface area contributed by atoms with Crippen LogP contribution in [0.3, 0.4) is 0 Å². The van der Waals surface area contributed by atoms with E-state index in [-0.39, 0.29) is 0 Å². The van der Waals surface area contributed by atoms with E-state index >= 15 is 0 Å². The lowest BCUT2D eigenvalue weighted by Gasteiger charge is -2.17. The van der Waals surface area contributed by atoms with Gasteiger partial charge in [0.05, 0.1) is 0 Å². The first-order chi connectivity index (χ1) is 8.27. The van der Waals surface area contributed by atoms with Gasteiger partial charge in [-0.05, 0) is 43.9 Å². The number of hydrogen-bond acceptors (Lipinski definition) is 1. The van der Waals surface area contributed by atoms with Gasteiger partial charge in [0.25, 0.3) is 0 Å². The minimum Gasteiger partial charge on any atom is -0.314 e. The number of rotatable bonds is 8. The van der Waals surface area contributed by atoms with Gasteiger partial charge in [0.1, 0.15) is 0 Å². The van der Waals surface area contributed by atoms with Gasteiger partial charge in [0, 0.05) is 10.5 Å². The zero-order valence-electron chi connectivity index (χ0n) is 11.0. The largest absolute Gasteiger partial charge is 0.314 e. The third kappa shape index (κ3) is 5.69. The molecule has 0 heterocycles. The first-order valence-electron chi connectivity index (χ1n) is 6.74. The third-order valence-corrected chi connectivity index (χ3v) is 3.86. The molecule has 0 radical (unpaired) electrons. The molecule has 0 aliphatic carbocycles. The Morgan fingerprint density at radius 3 is 2.59 bits per heavy atom. The van der Waals surface area contributed by atoms with E-state index in [1.165, 1.54) is 42.1 Å². The molecule has 96 valence electrons. The Balaban J connectivity index is 2.33. The van der Waals surface area contributed by atoms with Gasteiger partial charge >= 0.3 is 0 Å². The van der Waals surface area contributed by atoms with Gasteiger partial charge in [-0.25, -0.2) is 0 Å². The van der Waals surface area contributed by atoms with Gasteiger partial charge in [-0.3, -0.25) is 0 Å². The van der Waals surface area contributed by atoms with Crippen LogP contribution in [0.2, 0.25) is 0 Å². The predicted octanol–water partition coefficient (Wildman–Crippen LogP) is 4.55. The molecule has 0 spiro atoms. The van der Waals surface area contributed by atoms with Crippen molar-refractivity contribution in [3.63, 3.8) is 0 Å². The number of nitrogens with one attached hydrogen (secondary N) is 1. The average molecular weight is 298 g/mol. The van der Waals surface area contributed by atoms with Crippen LogP contribution in [-0.2, 0) is 6.42 Å². The smallest absolute Gasteiger partial charge is 0.0207 e. The monoisotopic (exact) mass is 297 g/mol. The second kappa shape index (κ2) is 8.71. The van der Waals surface area contributed by atoms with Crippen molar-refractivity contribution in [3.8, 4) is 0 Å². The van der Waals surface area contributed by atoms with Crippen LogP contribution in [0.15, 0.2) is 28.7 Å². The molecule has 0 fully saturated rings. The van der Waals surface area contributed by atoms with Crippen LogP contribution >= 0.6 is 15.9 Å². The molecule has 0 amide bonds. The molecule has 1 aromatic carbocycles. The normalized spacial score (nSPS) is 12.6. The van der Waals surface area contributed by atoms with E-state index in [4.69, 9.17) is 0 Å². The lowest BCUT2D eigenvalue weighted by atomic mass is 10.0. The van der Waals surface area contributed by atoms with Crippen molar-refractivity contribution in [1.82, 2.24) is 5.32 Å². The molecule has 0 saturated heterocycles. The molecule has 1 nitrogen and oxygen atoms in total. The number of halogens is 1. The number of aryl methyl sites for hydroxylation is 1. The van der Waals surface area contributed by atoms with Crippen LogP contribution < -0.4 is 5.32 Å². The van der Waals surface area contributed by atoms with Gasteiger partial charge in [-0.2, -0.15) is 0 Å². The zero-order valence-corrected chi connectivity index (χ0v) is 12.6. The minimum atomic E-state index is 0.701. The molecule has 1 unspecified atom stereocenters. The summed E-state index contributed by atoms with van der Waals surface area (Å²) in [5, 5.41) is 3.57. The van der Waals surface area contributed by atoms with Crippen LogP contribution in [0.1, 0.15) is 45.1 Å². The number of benzene rings is 1. The second-order valence-electron chi connectivity index (χ2n) is 4.53. The Kier molecular flexibility index (Phi) is 7.54. The topological polar surface area (TPSA) is 12.0 Å². The SMILES string of the molecule is CCCC(CCCc1ccccc1Br)NCC. The molecular weight excluding hydrogens is 274 g/mol. The lowest BCUT2D eigenvalue weighted by Crippen LogP contribution is -2.28. The van der Waals surface area contributed by atoms with Crippen LogP contribution in [0.4, 0.5) is 0 Å². The molecule has 17 heavy (non-hydrogen) atoms. The molecule has 0 aromatic heterocycles. The summed E-state index contributed by atoms with van der Waals surface area (Å²) in [5.74, 6) is 0. The van der Waals surface area contributed by atoms with E-state index in [1.807, 2.05) is 0 Å². The number of hydrogen-bond donors (Lipinski definition) is 1. The molecule has 1 aromatic rings. The first-order valence-corrected chi connectivity index (χ1v) is 7.54. The molecule has 0 aliphatic heterocycles. The fourth-order valence-corrected chi connectivity index (χ4v) is 2.71. The van der Waals surface area contributed by atoms with Crippen LogP contribution in [0.25, 0.3) is 0 Å². The highest BCUT2D eigenvalue weighted by Crippen LogP contribution is 2.18. The molecule has 1 atom stereocenters. The third-order valence-electron chi connectivity index (χ3n) is 3.09. The Labute approximate surface area is 114 Å². The van der Waals surface area contributed by atoms with Crippen molar-refractivity contribution in [1.29, 1.82) is 0 Å². The molecule has 0 bridgehead atoms. The Morgan fingerprint density at radius 1 is 1.18 bits per heavy atom. The summed E-state index contributed by atoms with van der Waals surface area (Å²) in [4.78, 5) is 0. The molecule has 1 rings (SSSR count). The highest BCUT2D eigenvalue weighted by atomic mass is 79.9. The molecule has 2 heteroatoms. The fourth-order valence-electron chi connectivity index (χ4n) is 2.23. The van der Waals surface area contributed by atoms with Crippen LogP contribution in [0, 0.1) is 0 Å². The average Bonchev–Trinajstić information content (AvgIpc) is 2.32. The summed E-state index contributed by atoms with van der Waals surface area (Å²) < 4.78 is 1.25. The Hall–Kier alpha value is -0.340. The molecule has 0 aliphatic rings. The standard InChI is InChI=1S/C15H24BrN/c1-3-8-14(17-4-2)11-7-10-13-9-5-6-12-15(13)16/h5-6,9,12,14,17H,3-4,7-8,10-11H2,1-2H3. The minimum absolute atomic E-state index is 0.701. The van der Waals surface area contributed by atoms with Crippen molar-refractivity contribution in [2.24, 2.45) is 0 Å². The molecule has 1 N–H and O–H groups in total. The highest BCUT2D eigenvalue weighted by molar-refractivity contribution is 9.10. The van der Waals surface area contributed by atoms with Crippen molar-refractivity contribution in [2.75, 3.05) is 6.54 Å². The molecule has 0 saturated carbocycles. The van der Waals surface area contributed by atoms with Gasteiger partial charge in [-0.1, -0.05) is 54.4 Å². The van der Waals surface area contributed by atoms with Crippen molar-refractivity contribution < 1.29 is 0 Å². The highest BCUT2D eigenvalue weighted by Gasteiger charge is 2.06. The van der Waals surface area contributed by atoms with E-state index in [2.05, 4.69) is 59.4 Å². The maximum Gasteiger partial charge on any atom is 0.0207 e. The zero-order chi connectivity index (χ0) is 12.5. The summed E-state index contributed by atoms with van der Waals surface area (Å²) >= 11 is 3.61. The maximum atomic E-state index is 3.61. The van der Waals surface area contributed by atoms with E-state index in [0.29, 0.717) is 6.04 Å². The second-order valence-corrected chi connectivity index (χ2v) is 5.38. The van der Waals surface area contributed by atoms with E-state index in [1.54, 1.807) is 0 Å². The van der Waals surface area contributed by atoms with Crippen LogP contribution in [0.5, 0.6) is 0 Å².